The molecule has 0 radical (unpaired) electrons. The first-order valence-corrected chi connectivity index (χ1v) is 9.81. The standard InChI is InChI=1S/C23H22O2S/c1-23(2)12-11-18(21-4-3-13-26-21)19-14-17(9-10-20(19)23)15-5-7-16(8-6-15)22(24)25/h3-11,13-14,19-20H,12H2,1-2H3,(H,24,25). The third-order valence-electron chi connectivity index (χ3n) is 5.61. The second-order valence-corrected chi connectivity index (χ2v) is 8.69. The maximum absolute atomic E-state index is 11.1. The molecule has 0 saturated heterocycles. The minimum Gasteiger partial charge on any atom is -0.478 e. The number of allylic oxidation sites excluding steroid dienone is 6. The summed E-state index contributed by atoms with van der Waals surface area (Å²) >= 11 is 1.80. The summed E-state index contributed by atoms with van der Waals surface area (Å²) in [6, 6.07) is 11.5. The van der Waals surface area contributed by atoms with Gasteiger partial charge in [0.2, 0.25) is 0 Å². The average Bonchev–Trinajstić information content (AvgIpc) is 3.16. The highest BCUT2D eigenvalue weighted by atomic mass is 32.1. The molecular formula is C23H22O2S. The van der Waals surface area contributed by atoms with Gasteiger partial charge in [-0.25, -0.2) is 4.79 Å². The van der Waals surface area contributed by atoms with Gasteiger partial charge in [-0.05, 0) is 58.0 Å². The van der Waals surface area contributed by atoms with Crippen LogP contribution in [0, 0.1) is 17.3 Å². The lowest BCUT2D eigenvalue weighted by Crippen LogP contribution is -2.33. The summed E-state index contributed by atoms with van der Waals surface area (Å²) in [7, 11) is 0. The Morgan fingerprint density at radius 2 is 1.96 bits per heavy atom. The van der Waals surface area contributed by atoms with Crippen LogP contribution in [0.3, 0.4) is 0 Å². The Hall–Kier alpha value is -2.39. The zero-order chi connectivity index (χ0) is 18.3. The van der Waals surface area contributed by atoms with Crippen LogP contribution in [0.25, 0.3) is 11.1 Å². The van der Waals surface area contributed by atoms with Gasteiger partial charge in [-0.15, -0.1) is 11.3 Å². The minimum absolute atomic E-state index is 0.233. The summed E-state index contributed by atoms with van der Waals surface area (Å²) in [4.78, 5) is 12.4. The van der Waals surface area contributed by atoms with Gasteiger partial charge < -0.3 is 5.11 Å². The van der Waals surface area contributed by atoms with E-state index in [0.29, 0.717) is 17.4 Å². The molecular weight excluding hydrogens is 340 g/mol. The lowest BCUT2D eigenvalue weighted by molar-refractivity contribution is 0.0697. The van der Waals surface area contributed by atoms with Crippen LogP contribution in [0.2, 0.25) is 0 Å². The van der Waals surface area contributed by atoms with Crippen molar-refractivity contribution < 1.29 is 9.90 Å². The van der Waals surface area contributed by atoms with E-state index < -0.39 is 5.97 Å². The smallest absolute Gasteiger partial charge is 0.335 e. The monoisotopic (exact) mass is 362 g/mol. The van der Waals surface area contributed by atoms with E-state index in [1.54, 1.807) is 23.5 Å². The first kappa shape index (κ1) is 17.0. The number of hydrogen-bond donors (Lipinski definition) is 1. The van der Waals surface area contributed by atoms with E-state index in [0.717, 1.165) is 12.0 Å². The lowest BCUT2D eigenvalue weighted by Gasteiger charge is -2.43. The number of carboxylic acids is 1. The largest absolute Gasteiger partial charge is 0.478 e. The fourth-order valence-corrected chi connectivity index (χ4v) is 4.88. The van der Waals surface area contributed by atoms with Crippen LogP contribution in [0.4, 0.5) is 0 Å². The SMILES string of the molecule is CC1(C)CC=C(c2cccs2)C2C=C(c3ccc(C(=O)O)cc3)C=CC21. The number of hydrogen-bond acceptors (Lipinski definition) is 2. The molecule has 2 atom stereocenters. The van der Waals surface area contributed by atoms with Gasteiger partial charge in [0.1, 0.15) is 0 Å². The van der Waals surface area contributed by atoms with Gasteiger partial charge in [0.25, 0.3) is 0 Å². The minimum atomic E-state index is -0.887. The number of benzene rings is 1. The first-order chi connectivity index (χ1) is 12.5. The molecule has 0 fully saturated rings. The maximum Gasteiger partial charge on any atom is 0.335 e. The molecule has 2 aromatic rings. The molecule has 1 heterocycles. The van der Waals surface area contributed by atoms with Crippen molar-refractivity contribution in [3.05, 3.63) is 82.1 Å². The van der Waals surface area contributed by atoms with E-state index in [9.17, 15) is 4.79 Å². The summed E-state index contributed by atoms with van der Waals surface area (Å²) in [5.74, 6) is -0.0510. The number of fused-ring (bicyclic) bond motifs is 1. The molecule has 2 aliphatic rings. The van der Waals surface area contributed by atoms with E-state index in [2.05, 4.69) is 55.7 Å². The molecule has 4 rings (SSSR count). The molecule has 0 amide bonds. The van der Waals surface area contributed by atoms with Gasteiger partial charge in [0.05, 0.1) is 5.56 Å². The predicted octanol–water partition coefficient (Wildman–Crippen LogP) is 6.15. The lowest BCUT2D eigenvalue weighted by atomic mass is 9.61. The van der Waals surface area contributed by atoms with Crippen molar-refractivity contribution in [1.29, 1.82) is 0 Å². The molecule has 1 N–H and O–H groups in total. The molecule has 2 unspecified atom stereocenters. The zero-order valence-electron chi connectivity index (χ0n) is 15.0. The zero-order valence-corrected chi connectivity index (χ0v) is 15.8. The highest BCUT2D eigenvalue weighted by Crippen LogP contribution is 2.51. The van der Waals surface area contributed by atoms with E-state index in [-0.39, 0.29) is 5.41 Å². The summed E-state index contributed by atoms with van der Waals surface area (Å²) in [6.07, 6.45) is 10.4. The van der Waals surface area contributed by atoms with Gasteiger partial charge in [0.15, 0.2) is 0 Å². The molecule has 2 aliphatic carbocycles. The molecule has 0 bridgehead atoms. The fourth-order valence-electron chi connectivity index (χ4n) is 4.06. The van der Waals surface area contributed by atoms with E-state index in [1.807, 2.05) is 12.1 Å². The van der Waals surface area contributed by atoms with Crippen LogP contribution in [0.5, 0.6) is 0 Å². The summed E-state index contributed by atoms with van der Waals surface area (Å²) in [5.41, 5.74) is 4.22. The van der Waals surface area contributed by atoms with E-state index >= 15 is 0 Å². The molecule has 1 aromatic carbocycles. The van der Waals surface area contributed by atoms with Crippen molar-refractivity contribution >= 4 is 28.5 Å². The third-order valence-corrected chi connectivity index (χ3v) is 6.53. The van der Waals surface area contributed by atoms with Crippen molar-refractivity contribution in [3.8, 4) is 0 Å². The van der Waals surface area contributed by atoms with Gasteiger partial charge in [-0.3, -0.25) is 0 Å². The maximum atomic E-state index is 11.1. The topological polar surface area (TPSA) is 37.3 Å². The summed E-state index contributed by atoms with van der Waals surface area (Å²) in [5, 5.41) is 11.2. The van der Waals surface area contributed by atoms with Crippen LogP contribution in [-0.4, -0.2) is 11.1 Å². The Bertz CT molecular complexity index is 912. The Morgan fingerprint density at radius 1 is 1.19 bits per heavy atom. The van der Waals surface area contributed by atoms with Crippen molar-refractivity contribution in [3.63, 3.8) is 0 Å². The summed E-state index contributed by atoms with van der Waals surface area (Å²) in [6.45, 7) is 4.69. The van der Waals surface area contributed by atoms with Gasteiger partial charge >= 0.3 is 5.97 Å². The van der Waals surface area contributed by atoms with Crippen LogP contribution in [-0.2, 0) is 0 Å². The van der Waals surface area contributed by atoms with Gasteiger partial charge in [-0.2, -0.15) is 0 Å². The fraction of sp³-hybridized carbons (Fsp3) is 0.261. The number of aromatic carboxylic acids is 1. The Labute approximate surface area is 158 Å². The van der Waals surface area contributed by atoms with E-state index in [1.165, 1.54) is 16.0 Å². The quantitative estimate of drug-likeness (QED) is 0.711. The van der Waals surface area contributed by atoms with Crippen molar-refractivity contribution in [2.45, 2.75) is 20.3 Å². The number of thiophene rings is 1. The number of carboxylic acid groups (broad SMARTS) is 1. The molecule has 1 aromatic heterocycles. The predicted molar refractivity (Wildman–Crippen MR) is 108 cm³/mol. The third kappa shape index (κ3) is 2.97. The molecule has 3 heteroatoms. The van der Waals surface area contributed by atoms with Crippen LogP contribution in [0.15, 0.2) is 66.1 Å². The Balaban J connectivity index is 1.73. The van der Waals surface area contributed by atoms with Crippen molar-refractivity contribution in [2.75, 3.05) is 0 Å². The normalized spacial score (nSPS) is 23.8. The van der Waals surface area contributed by atoms with E-state index in [4.69, 9.17) is 5.11 Å². The van der Waals surface area contributed by atoms with Crippen molar-refractivity contribution in [2.24, 2.45) is 17.3 Å². The average molecular weight is 362 g/mol. The van der Waals surface area contributed by atoms with Gasteiger partial charge in [0, 0.05) is 10.8 Å². The number of carbonyl (C=O) groups is 1. The highest BCUT2D eigenvalue weighted by Gasteiger charge is 2.39. The molecule has 132 valence electrons. The molecule has 2 nitrogen and oxygen atoms in total. The molecule has 0 spiro atoms. The highest BCUT2D eigenvalue weighted by molar-refractivity contribution is 7.11. The van der Waals surface area contributed by atoms with Crippen LogP contribution < -0.4 is 0 Å². The van der Waals surface area contributed by atoms with Crippen molar-refractivity contribution in [1.82, 2.24) is 0 Å². The van der Waals surface area contributed by atoms with Crippen LogP contribution in [0.1, 0.15) is 41.1 Å². The molecule has 0 saturated carbocycles. The molecule has 26 heavy (non-hydrogen) atoms. The first-order valence-electron chi connectivity index (χ1n) is 8.93. The molecule has 0 aliphatic heterocycles. The second kappa shape index (κ2) is 6.40. The Morgan fingerprint density at radius 3 is 2.62 bits per heavy atom. The van der Waals surface area contributed by atoms with Gasteiger partial charge in [-0.1, -0.05) is 56.4 Å². The van der Waals surface area contributed by atoms with Crippen LogP contribution >= 0.6 is 11.3 Å². The summed E-state index contributed by atoms with van der Waals surface area (Å²) < 4.78 is 0. The number of rotatable bonds is 3. The second-order valence-electron chi connectivity index (χ2n) is 7.74. The Kier molecular flexibility index (Phi) is 4.20.